The van der Waals surface area contributed by atoms with E-state index in [1.807, 2.05) is 0 Å². The molecule has 0 fully saturated rings. The Kier molecular flexibility index (Phi) is 10.4. The lowest BCUT2D eigenvalue weighted by Crippen LogP contribution is -2.70. The number of nitrogens with one attached hydrogen (secondary N) is 1. The number of carbonyl (C=O) groups excluding carboxylic acids is 2. The minimum Gasteiger partial charge on any atom is -0.466 e. The lowest BCUT2D eigenvalue weighted by molar-refractivity contribution is -0.440. The molecule has 1 atom stereocenters. The predicted molar refractivity (Wildman–Crippen MR) is 126 cm³/mol. The van der Waals surface area contributed by atoms with Crippen molar-refractivity contribution in [2.45, 2.75) is 68.4 Å². The van der Waals surface area contributed by atoms with Crippen LogP contribution in [0.25, 0.3) is 0 Å². The molecule has 1 N–H and O–H groups in total. The second kappa shape index (κ2) is 12.3. The van der Waals surface area contributed by atoms with Crippen LogP contribution in [0.15, 0.2) is 46.8 Å². The van der Waals surface area contributed by atoms with Crippen LogP contribution in [0.5, 0.6) is 0 Å². The third kappa shape index (κ3) is 6.18. The van der Waals surface area contributed by atoms with Gasteiger partial charge < -0.3 is 14.8 Å². The molecule has 0 radical (unpaired) electrons. The second-order valence-electron chi connectivity index (χ2n) is 9.39. The number of alkyl halides is 13. The molecule has 1 aliphatic heterocycles. The smallest absolute Gasteiger partial charge is 0.460 e. The summed E-state index contributed by atoms with van der Waals surface area (Å²) in [6.07, 6.45) is -11.5. The summed E-state index contributed by atoms with van der Waals surface area (Å²) in [6, 6.07) is 5.75. The van der Waals surface area contributed by atoms with E-state index in [0.717, 1.165) is 7.11 Å². The minimum absolute atomic E-state index is 0.0226. The number of methoxy groups -OCH3 is 1. The van der Waals surface area contributed by atoms with Crippen molar-refractivity contribution in [2.24, 2.45) is 0 Å². The quantitative estimate of drug-likeness (QED) is 0.147. The molecule has 5 nitrogen and oxygen atoms in total. The molecule has 0 aromatic heterocycles. The lowest BCUT2D eigenvalue weighted by Gasteiger charge is -2.39. The fourth-order valence-corrected chi connectivity index (χ4v) is 4.41. The van der Waals surface area contributed by atoms with Gasteiger partial charge in [-0.25, -0.2) is 9.59 Å². The molecule has 0 saturated heterocycles. The van der Waals surface area contributed by atoms with E-state index in [1.54, 1.807) is 0 Å². The fourth-order valence-electron chi connectivity index (χ4n) is 4.16. The Morgan fingerprint density at radius 2 is 1.25 bits per heavy atom. The van der Waals surface area contributed by atoms with Crippen molar-refractivity contribution in [1.82, 2.24) is 5.32 Å². The highest BCUT2D eigenvalue weighted by molar-refractivity contribution is 6.31. The maximum Gasteiger partial charge on any atom is 0.460 e. The molecule has 0 aliphatic carbocycles. The average molecular weight is 682 g/mol. The highest BCUT2D eigenvalue weighted by atomic mass is 35.5. The molecule has 0 saturated carbocycles. The van der Waals surface area contributed by atoms with Crippen molar-refractivity contribution in [1.29, 1.82) is 0 Å². The third-order valence-corrected chi connectivity index (χ3v) is 6.81. The van der Waals surface area contributed by atoms with E-state index in [1.165, 1.54) is 38.1 Å². The van der Waals surface area contributed by atoms with Gasteiger partial charge in [0, 0.05) is 22.8 Å². The zero-order valence-electron chi connectivity index (χ0n) is 22.4. The van der Waals surface area contributed by atoms with Gasteiger partial charge in [0.25, 0.3) is 0 Å². The molecular formula is C25H21ClF13NO4. The van der Waals surface area contributed by atoms with Crippen molar-refractivity contribution in [3.05, 3.63) is 57.4 Å². The standard InChI is InChI=1S/C25H21ClF13NO4/c1-11-15(18(41)43-3)17(13-7-4-5-8-14(13)26)16(12(2)40-11)19(42)44-10-6-9-20(27,28)21(29,30)22(31,32)23(33,34)24(35,36)25(37,38)39/h4-5,7-8,17,40H,6,9-10H2,1-3H3. The summed E-state index contributed by atoms with van der Waals surface area (Å²) in [6.45, 7) is 1.44. The van der Waals surface area contributed by atoms with Crippen LogP contribution in [0.1, 0.15) is 38.2 Å². The first-order valence-electron chi connectivity index (χ1n) is 12.0. The topological polar surface area (TPSA) is 64.6 Å². The molecule has 19 heteroatoms. The van der Waals surface area contributed by atoms with Crippen LogP contribution in [0.2, 0.25) is 5.02 Å². The van der Waals surface area contributed by atoms with Gasteiger partial charge in [-0.3, -0.25) is 0 Å². The summed E-state index contributed by atoms with van der Waals surface area (Å²) in [5, 5.41) is 2.71. The van der Waals surface area contributed by atoms with Gasteiger partial charge in [-0.05, 0) is 31.9 Å². The summed E-state index contributed by atoms with van der Waals surface area (Å²) in [4.78, 5) is 25.6. The van der Waals surface area contributed by atoms with Crippen molar-refractivity contribution in [3.63, 3.8) is 0 Å². The summed E-state index contributed by atoms with van der Waals surface area (Å²) in [5.74, 6) is -41.1. The summed E-state index contributed by atoms with van der Waals surface area (Å²) < 4.78 is 182. The zero-order valence-corrected chi connectivity index (χ0v) is 23.2. The maximum absolute atomic E-state index is 14.1. The van der Waals surface area contributed by atoms with Gasteiger partial charge in [0.05, 0.1) is 30.8 Å². The lowest BCUT2D eigenvalue weighted by atomic mass is 9.80. The molecular weight excluding hydrogens is 661 g/mol. The number of ether oxygens (including phenoxy) is 2. The number of dihydropyridines is 1. The van der Waals surface area contributed by atoms with Crippen LogP contribution in [0, 0.1) is 0 Å². The highest BCUT2D eigenvalue weighted by Gasteiger charge is 2.90. The molecule has 248 valence electrons. The van der Waals surface area contributed by atoms with Crippen LogP contribution in [0.3, 0.4) is 0 Å². The monoisotopic (exact) mass is 681 g/mol. The third-order valence-electron chi connectivity index (χ3n) is 6.47. The van der Waals surface area contributed by atoms with E-state index in [-0.39, 0.29) is 33.1 Å². The van der Waals surface area contributed by atoms with Crippen LogP contribution in [-0.2, 0) is 19.1 Å². The fraction of sp³-hybridized carbons (Fsp3) is 0.520. The predicted octanol–water partition coefficient (Wildman–Crippen LogP) is 7.81. The summed E-state index contributed by atoms with van der Waals surface area (Å²) >= 11 is 6.23. The van der Waals surface area contributed by atoms with Crippen molar-refractivity contribution < 1.29 is 76.1 Å². The molecule has 1 heterocycles. The van der Waals surface area contributed by atoms with Crippen molar-refractivity contribution in [2.75, 3.05) is 13.7 Å². The highest BCUT2D eigenvalue weighted by Crippen LogP contribution is 2.60. The number of benzene rings is 1. The molecule has 1 aliphatic rings. The van der Waals surface area contributed by atoms with Gasteiger partial charge >= 0.3 is 47.7 Å². The zero-order chi connectivity index (χ0) is 34.3. The van der Waals surface area contributed by atoms with E-state index >= 15 is 0 Å². The molecule has 1 unspecified atom stereocenters. The van der Waals surface area contributed by atoms with Crippen LogP contribution >= 0.6 is 11.6 Å². The van der Waals surface area contributed by atoms with E-state index in [9.17, 15) is 66.7 Å². The Balaban J connectivity index is 2.30. The average Bonchev–Trinajstić information content (AvgIpc) is 2.89. The Bertz CT molecular complexity index is 1340. The second-order valence-corrected chi connectivity index (χ2v) is 9.79. The minimum atomic E-state index is -8.01. The number of hydrogen-bond acceptors (Lipinski definition) is 5. The Labute approximate surface area is 245 Å². The maximum atomic E-state index is 14.1. The molecule has 1 aromatic carbocycles. The van der Waals surface area contributed by atoms with Gasteiger partial charge in [-0.15, -0.1) is 0 Å². The number of esters is 2. The van der Waals surface area contributed by atoms with Gasteiger partial charge in [0.2, 0.25) is 0 Å². The largest absolute Gasteiger partial charge is 0.466 e. The SMILES string of the molecule is COC(=O)C1=C(C)NC(C)=C(C(=O)OCCCC(F)(F)C(F)(F)C(F)(F)C(F)(F)C(F)(F)C(F)(F)F)C1c1ccccc1Cl. The van der Waals surface area contributed by atoms with Crippen molar-refractivity contribution >= 4 is 23.5 Å². The van der Waals surface area contributed by atoms with E-state index < -0.39 is 73.1 Å². The molecule has 0 bridgehead atoms. The number of hydrogen-bond donors (Lipinski definition) is 1. The first-order chi connectivity index (χ1) is 19.8. The summed E-state index contributed by atoms with van der Waals surface area (Å²) in [7, 11) is 1.01. The van der Waals surface area contributed by atoms with Crippen LogP contribution in [0.4, 0.5) is 57.1 Å². The number of halogens is 14. The Morgan fingerprint density at radius 3 is 1.73 bits per heavy atom. The van der Waals surface area contributed by atoms with Crippen LogP contribution < -0.4 is 5.32 Å². The van der Waals surface area contributed by atoms with Crippen molar-refractivity contribution in [3.8, 4) is 0 Å². The molecule has 0 amide bonds. The first kappa shape index (κ1) is 37.0. The van der Waals surface area contributed by atoms with E-state index in [2.05, 4.69) is 5.32 Å². The van der Waals surface area contributed by atoms with Crippen LogP contribution in [-0.4, -0.2) is 61.4 Å². The Morgan fingerprint density at radius 1 is 0.773 bits per heavy atom. The molecule has 44 heavy (non-hydrogen) atoms. The van der Waals surface area contributed by atoms with Gasteiger partial charge in [0.1, 0.15) is 0 Å². The molecule has 2 rings (SSSR count). The molecule has 1 aromatic rings. The van der Waals surface area contributed by atoms with E-state index in [4.69, 9.17) is 21.1 Å². The van der Waals surface area contributed by atoms with Gasteiger partial charge in [0.15, 0.2) is 0 Å². The van der Waals surface area contributed by atoms with Gasteiger partial charge in [-0.1, -0.05) is 29.8 Å². The van der Waals surface area contributed by atoms with Gasteiger partial charge in [-0.2, -0.15) is 57.1 Å². The first-order valence-corrected chi connectivity index (χ1v) is 12.3. The summed E-state index contributed by atoms with van der Waals surface area (Å²) in [5.41, 5.74) is -0.183. The van der Waals surface area contributed by atoms with E-state index in [0.29, 0.717) is 0 Å². The number of rotatable bonds is 11. The molecule has 0 spiro atoms. The number of carbonyl (C=O) groups is 2. The Hall–Kier alpha value is -3.18. The normalized spacial score (nSPS) is 17.4. The number of allylic oxidation sites excluding steroid dienone is 2.